The van der Waals surface area contributed by atoms with Gasteiger partial charge in [-0.25, -0.2) is 15.0 Å². The number of fused-ring (bicyclic) bond motifs is 2. The predicted molar refractivity (Wildman–Crippen MR) is 187 cm³/mol. The van der Waals surface area contributed by atoms with Crippen LogP contribution in [0.4, 0.5) is 11.6 Å². The molecule has 3 N–H and O–H groups in total. The summed E-state index contributed by atoms with van der Waals surface area (Å²) in [4.78, 5) is 12.0. The van der Waals surface area contributed by atoms with E-state index in [0.717, 1.165) is 56.4 Å². The van der Waals surface area contributed by atoms with Crippen molar-refractivity contribution in [1.29, 1.82) is 10.9 Å². The Hall–Kier alpha value is -4.60. The predicted octanol–water partition coefficient (Wildman–Crippen LogP) is 5.98. The first-order valence-corrected chi connectivity index (χ1v) is 17.6. The fourth-order valence-corrected chi connectivity index (χ4v) is 7.54. The molecule has 1 aromatic carbocycles. The minimum absolute atomic E-state index is 0.235. The molecule has 0 amide bonds. The van der Waals surface area contributed by atoms with Crippen LogP contribution < -0.4 is 14.8 Å². The maximum atomic E-state index is 7.35. The summed E-state index contributed by atoms with van der Waals surface area (Å²) >= 11 is 6.43. The Morgan fingerprint density at radius 1 is 1.08 bits per heavy atom. The molecule has 0 radical (unpaired) electrons. The highest BCUT2D eigenvalue weighted by molar-refractivity contribution is 6.32. The molecular weight excluding hydrogens is 660 g/mol. The summed E-state index contributed by atoms with van der Waals surface area (Å²) < 4.78 is 21.9. The van der Waals surface area contributed by atoms with Gasteiger partial charge in [0.25, 0.3) is 5.88 Å². The Balaban J connectivity index is 1.03. The van der Waals surface area contributed by atoms with Gasteiger partial charge in [-0.1, -0.05) is 22.9 Å². The van der Waals surface area contributed by atoms with Crippen LogP contribution >= 0.6 is 11.6 Å². The molecule has 2 saturated heterocycles. The van der Waals surface area contributed by atoms with E-state index in [1.807, 2.05) is 42.2 Å². The zero-order chi connectivity index (χ0) is 34.5. The van der Waals surface area contributed by atoms with Crippen LogP contribution in [0.25, 0.3) is 11.1 Å². The lowest BCUT2D eigenvalue weighted by molar-refractivity contribution is -0.0458. The molecule has 2 bridgehead atoms. The van der Waals surface area contributed by atoms with Crippen LogP contribution in [0, 0.1) is 10.9 Å². The first-order valence-electron chi connectivity index (χ1n) is 17.2. The molecule has 3 aromatic heterocycles. The van der Waals surface area contributed by atoms with Crippen LogP contribution in [0.1, 0.15) is 51.5 Å². The fraction of sp³-hybridized carbons (Fsp3) is 0.500. The van der Waals surface area contributed by atoms with Gasteiger partial charge in [0.05, 0.1) is 43.6 Å². The van der Waals surface area contributed by atoms with Gasteiger partial charge < -0.3 is 19.5 Å². The van der Waals surface area contributed by atoms with Crippen LogP contribution in [-0.4, -0.2) is 96.4 Å². The molecular formula is C34H43ClN12O3. The van der Waals surface area contributed by atoms with Gasteiger partial charge in [0, 0.05) is 48.5 Å². The van der Waals surface area contributed by atoms with E-state index in [1.54, 1.807) is 24.7 Å². The fourth-order valence-electron chi connectivity index (χ4n) is 7.38. The van der Waals surface area contributed by atoms with Crippen LogP contribution in [-0.2, 0) is 11.3 Å². The maximum absolute atomic E-state index is 7.35. The third kappa shape index (κ3) is 7.74. The molecule has 2 aliphatic heterocycles. The Morgan fingerprint density at radius 3 is 2.52 bits per heavy atom. The number of morpholine rings is 1. The number of nitrogens with one attached hydrogen (secondary N) is 3. The number of hydrogen-bond acceptors (Lipinski definition) is 12. The van der Waals surface area contributed by atoms with Crippen LogP contribution in [0.15, 0.2) is 60.5 Å². The van der Waals surface area contributed by atoms with Crippen LogP contribution in [0.5, 0.6) is 11.6 Å². The Morgan fingerprint density at radius 2 is 1.82 bits per heavy atom. The number of nitrogens with zero attached hydrogens (tertiary/aromatic N) is 9. The number of anilines is 2. The first-order chi connectivity index (χ1) is 24.5. The second-order valence-electron chi connectivity index (χ2n) is 13.1. The van der Waals surface area contributed by atoms with Crippen molar-refractivity contribution in [2.75, 3.05) is 31.7 Å². The smallest absolute Gasteiger partial charge is 0.257 e. The number of benzene rings is 1. The quantitative estimate of drug-likeness (QED) is 0.0580. The van der Waals surface area contributed by atoms with Gasteiger partial charge in [0.2, 0.25) is 5.95 Å². The van der Waals surface area contributed by atoms with E-state index in [-0.39, 0.29) is 18.7 Å². The van der Waals surface area contributed by atoms with Crippen molar-refractivity contribution in [3.8, 4) is 22.8 Å². The molecule has 0 unspecified atom stereocenters. The summed E-state index contributed by atoms with van der Waals surface area (Å²) in [6, 6.07) is 9.42. The van der Waals surface area contributed by atoms with Crippen molar-refractivity contribution in [3.05, 3.63) is 60.3 Å². The highest BCUT2D eigenvalue weighted by Crippen LogP contribution is 2.39. The molecule has 1 aliphatic carbocycles. The van der Waals surface area contributed by atoms with E-state index in [1.165, 1.54) is 17.9 Å². The summed E-state index contributed by atoms with van der Waals surface area (Å²) in [5.41, 5.74) is 9.48. The van der Waals surface area contributed by atoms with Crippen molar-refractivity contribution in [2.45, 2.75) is 82.3 Å². The Kier molecular flexibility index (Phi) is 10.5. The monoisotopic (exact) mass is 702 g/mol. The highest BCUT2D eigenvalue weighted by Gasteiger charge is 2.42. The number of ether oxygens (including phenoxy) is 3. The van der Waals surface area contributed by atoms with E-state index in [2.05, 4.69) is 35.2 Å². The van der Waals surface area contributed by atoms with Gasteiger partial charge in [0.15, 0.2) is 0 Å². The van der Waals surface area contributed by atoms with E-state index in [9.17, 15) is 0 Å². The lowest BCUT2D eigenvalue weighted by atomic mass is 9.89. The summed E-state index contributed by atoms with van der Waals surface area (Å²) in [7, 11) is 0. The SMILES string of the molecule is C[C@@H](CN(C=N)N=N)Oc1cc(-c2cnc(Nc3cn(C4CCC(N5[C@@H]6CC[C@H]5COC6)CC4)nc3OCCn3cccn3)nc2)ccc1Cl. The summed E-state index contributed by atoms with van der Waals surface area (Å²) in [6.45, 7) is 4.82. The van der Waals surface area contributed by atoms with Crippen molar-refractivity contribution >= 4 is 29.6 Å². The molecule has 16 heteroatoms. The highest BCUT2D eigenvalue weighted by atomic mass is 35.5. The average Bonchev–Trinajstić information content (AvgIpc) is 3.86. The third-order valence-corrected chi connectivity index (χ3v) is 10.1. The molecule has 0 spiro atoms. The zero-order valence-corrected chi connectivity index (χ0v) is 28.8. The Labute approximate surface area is 295 Å². The standard InChI is InChI=1S/C34H43ClN12O3/c1-23(18-45(22-36)43-37)50-32-15-24(3-10-30(32)35)25-16-38-34(39-17-25)41-31-19-46(42-33(31)49-14-13-44-12-2-11-40-44)26-4-6-27(7-5-26)47-28-8-9-29(47)21-48-20-28/h2-3,10-12,15-17,19,22-23,26-29,36-37H,4-9,13-14,18,20-21H2,1H3,(H,38,39,41)/t23-,26?,27?,28-,29+/m0/s1. The van der Waals surface area contributed by atoms with Gasteiger partial charge in [-0.15, -0.1) is 5.10 Å². The van der Waals surface area contributed by atoms with E-state index in [0.29, 0.717) is 59.6 Å². The minimum atomic E-state index is -0.368. The number of aromatic nitrogens is 6. The third-order valence-electron chi connectivity index (χ3n) is 9.79. The lowest BCUT2D eigenvalue weighted by Gasteiger charge is -2.43. The van der Waals surface area contributed by atoms with Crippen molar-refractivity contribution in [1.82, 2.24) is 39.4 Å². The van der Waals surface area contributed by atoms with Gasteiger partial charge in [0.1, 0.15) is 30.5 Å². The van der Waals surface area contributed by atoms with E-state index in [4.69, 9.17) is 41.9 Å². The number of halogens is 1. The van der Waals surface area contributed by atoms with Crippen molar-refractivity contribution < 1.29 is 14.2 Å². The van der Waals surface area contributed by atoms with E-state index >= 15 is 0 Å². The molecule has 264 valence electrons. The first kappa shape index (κ1) is 33.9. The molecule has 3 atom stereocenters. The van der Waals surface area contributed by atoms with Crippen molar-refractivity contribution in [3.63, 3.8) is 0 Å². The normalized spacial score (nSPS) is 22.5. The van der Waals surface area contributed by atoms with Gasteiger partial charge >= 0.3 is 0 Å². The second kappa shape index (κ2) is 15.5. The number of rotatable bonds is 15. The van der Waals surface area contributed by atoms with Gasteiger partial charge in [-0.2, -0.15) is 10.6 Å². The number of hydrogen-bond donors (Lipinski definition) is 3. The average molecular weight is 703 g/mol. The largest absolute Gasteiger partial charge is 0.487 e. The van der Waals surface area contributed by atoms with Gasteiger partial charge in [-0.3, -0.25) is 19.7 Å². The molecule has 4 aromatic rings. The van der Waals surface area contributed by atoms with E-state index < -0.39 is 0 Å². The maximum Gasteiger partial charge on any atom is 0.257 e. The molecule has 1 saturated carbocycles. The Bertz CT molecular complexity index is 1700. The second-order valence-corrected chi connectivity index (χ2v) is 13.5. The topological polar surface area (TPSA) is 168 Å². The minimum Gasteiger partial charge on any atom is -0.487 e. The molecule has 15 nitrogen and oxygen atoms in total. The van der Waals surface area contributed by atoms with Crippen LogP contribution in [0.3, 0.4) is 0 Å². The molecule has 3 aliphatic rings. The van der Waals surface area contributed by atoms with Gasteiger partial charge in [-0.05, 0) is 69.2 Å². The molecule has 5 heterocycles. The summed E-state index contributed by atoms with van der Waals surface area (Å²) in [5, 5.41) is 24.8. The summed E-state index contributed by atoms with van der Waals surface area (Å²) in [5.74, 6) is 1.40. The van der Waals surface area contributed by atoms with Crippen molar-refractivity contribution in [2.24, 2.45) is 5.22 Å². The molecule has 7 rings (SSSR count). The molecule has 3 fully saturated rings. The van der Waals surface area contributed by atoms with Crippen LogP contribution in [0.2, 0.25) is 5.02 Å². The molecule has 50 heavy (non-hydrogen) atoms. The summed E-state index contributed by atoms with van der Waals surface area (Å²) in [6.07, 6.45) is 16.7. The zero-order valence-electron chi connectivity index (χ0n) is 28.1. The lowest BCUT2D eigenvalue weighted by Crippen LogP contribution is -2.52.